The first-order chi connectivity index (χ1) is 13.3. The molecule has 0 aliphatic heterocycles. The molecule has 28 heavy (non-hydrogen) atoms. The van der Waals surface area contributed by atoms with Gasteiger partial charge in [-0.15, -0.1) is 0 Å². The highest BCUT2D eigenvalue weighted by atomic mass is 79.9. The molecule has 0 heterocycles. The molecule has 0 saturated heterocycles. The van der Waals surface area contributed by atoms with Gasteiger partial charge in [-0.25, -0.2) is 0 Å². The minimum absolute atomic E-state index is 0.0504. The van der Waals surface area contributed by atoms with Crippen molar-refractivity contribution in [2.45, 2.75) is 26.9 Å². The Balaban J connectivity index is 2.09. The highest BCUT2D eigenvalue weighted by Crippen LogP contribution is 2.51. The molecule has 0 bridgehead atoms. The van der Waals surface area contributed by atoms with Crippen LogP contribution in [-0.4, -0.2) is 24.9 Å². The third-order valence-electron chi connectivity index (χ3n) is 3.87. The molecule has 0 fully saturated rings. The highest BCUT2D eigenvalue weighted by molar-refractivity contribution is 9.10. The summed E-state index contributed by atoms with van der Waals surface area (Å²) in [6.45, 7) is 5.61. The Hall–Kier alpha value is -1.79. The zero-order valence-corrected chi connectivity index (χ0v) is 18.5. The molecule has 0 atom stereocenters. The summed E-state index contributed by atoms with van der Waals surface area (Å²) >= 11 is 3.36. The molecule has 6 nitrogen and oxygen atoms in total. The second-order valence-electron chi connectivity index (χ2n) is 6.01. The number of Topliss-reactive ketones (excluding diaryl/α,β-unsaturated/α-hetero) is 1. The van der Waals surface area contributed by atoms with Crippen LogP contribution in [0.25, 0.3) is 0 Å². The van der Waals surface area contributed by atoms with E-state index in [1.54, 1.807) is 56.3 Å². The van der Waals surface area contributed by atoms with E-state index in [2.05, 4.69) is 21.2 Å². The van der Waals surface area contributed by atoms with Crippen molar-refractivity contribution in [1.29, 1.82) is 0 Å². The average molecular weight is 468 g/mol. The van der Waals surface area contributed by atoms with Crippen molar-refractivity contribution < 1.29 is 23.2 Å². The van der Waals surface area contributed by atoms with Crippen LogP contribution >= 0.6 is 23.5 Å². The molecule has 0 aliphatic rings. The fourth-order valence-electron chi connectivity index (χ4n) is 2.54. The van der Waals surface area contributed by atoms with Crippen molar-refractivity contribution >= 4 is 40.9 Å². The van der Waals surface area contributed by atoms with Crippen molar-refractivity contribution in [3.05, 3.63) is 63.6 Å². The topological polar surface area (TPSA) is 81.7 Å². The fraction of sp³-hybridized carbons (Fsp3) is 0.300. The fourth-order valence-corrected chi connectivity index (χ4v) is 4.72. The lowest BCUT2D eigenvalue weighted by Crippen LogP contribution is -2.12. The highest BCUT2D eigenvalue weighted by Gasteiger charge is 2.24. The molecule has 2 aromatic carbocycles. The minimum atomic E-state index is -3.19. The molecule has 150 valence electrons. The molecule has 0 aromatic heterocycles. The van der Waals surface area contributed by atoms with E-state index in [-0.39, 0.29) is 17.9 Å². The summed E-state index contributed by atoms with van der Waals surface area (Å²) in [6.07, 6.45) is 0.147. The van der Waals surface area contributed by atoms with E-state index in [0.29, 0.717) is 34.5 Å². The Labute approximate surface area is 173 Å². The second kappa shape index (κ2) is 10.1. The van der Waals surface area contributed by atoms with Gasteiger partial charge in [0, 0.05) is 15.6 Å². The number of benzene rings is 2. The number of carbonyl (C=O) groups is 2. The quantitative estimate of drug-likeness (QED) is 0.379. The predicted molar refractivity (Wildman–Crippen MR) is 113 cm³/mol. The number of amides is 1. The average Bonchev–Trinajstić information content (AvgIpc) is 2.64. The number of hydrogen-bond donors (Lipinski definition) is 1. The molecule has 2 aromatic rings. The van der Waals surface area contributed by atoms with Crippen LogP contribution in [0.4, 0.5) is 5.69 Å². The molecule has 8 heteroatoms. The number of nitrogens with one attached hydrogen (secondary N) is 1. The van der Waals surface area contributed by atoms with Crippen molar-refractivity contribution in [1.82, 2.24) is 0 Å². The van der Waals surface area contributed by atoms with Gasteiger partial charge in [-0.3, -0.25) is 14.2 Å². The van der Waals surface area contributed by atoms with E-state index in [1.807, 2.05) is 0 Å². The predicted octanol–water partition coefficient (Wildman–Crippen LogP) is 5.67. The Bertz CT molecular complexity index is 888. The van der Waals surface area contributed by atoms with Gasteiger partial charge in [0.2, 0.25) is 0 Å². The van der Waals surface area contributed by atoms with Gasteiger partial charge in [0.1, 0.15) is 0 Å². The number of ketones is 1. The number of anilines is 1. The second-order valence-corrected chi connectivity index (χ2v) is 8.92. The van der Waals surface area contributed by atoms with Crippen molar-refractivity contribution in [2.24, 2.45) is 0 Å². The van der Waals surface area contributed by atoms with Gasteiger partial charge in [-0.05, 0) is 72.6 Å². The van der Waals surface area contributed by atoms with Crippen LogP contribution in [0.3, 0.4) is 0 Å². The number of carbonyl (C=O) groups excluding carboxylic acids is 2. The standard InChI is InChI=1S/C20H23BrNO5P/c1-4-26-28(25,27-5-2)13-15-6-8-16(9-7-15)20(24)22-19-11-10-17(14(3)23)12-18(19)21/h6-12H,4-5,13H2,1-3H3,(H,22,24). The zero-order valence-electron chi connectivity index (χ0n) is 16.0. The van der Waals surface area contributed by atoms with Crippen LogP contribution in [0, 0.1) is 0 Å². The van der Waals surface area contributed by atoms with Crippen molar-refractivity contribution in [3.8, 4) is 0 Å². The van der Waals surface area contributed by atoms with Crippen LogP contribution in [0.2, 0.25) is 0 Å². The Morgan fingerprint density at radius 3 is 2.07 bits per heavy atom. The summed E-state index contributed by atoms with van der Waals surface area (Å²) in [4.78, 5) is 23.9. The maximum atomic E-state index is 12.6. The lowest BCUT2D eigenvalue weighted by molar-refractivity contribution is 0.101. The molecular weight excluding hydrogens is 445 g/mol. The maximum absolute atomic E-state index is 12.6. The van der Waals surface area contributed by atoms with E-state index >= 15 is 0 Å². The zero-order chi connectivity index (χ0) is 20.7. The van der Waals surface area contributed by atoms with Crippen LogP contribution in [0.15, 0.2) is 46.9 Å². The minimum Gasteiger partial charge on any atom is -0.321 e. The number of halogens is 1. The summed E-state index contributed by atoms with van der Waals surface area (Å²) in [7, 11) is -3.19. The van der Waals surface area contributed by atoms with Crippen LogP contribution in [-0.2, 0) is 19.8 Å². The van der Waals surface area contributed by atoms with Crippen molar-refractivity contribution in [2.75, 3.05) is 18.5 Å². The summed E-state index contributed by atoms with van der Waals surface area (Å²) in [5, 5.41) is 2.80. The van der Waals surface area contributed by atoms with Gasteiger partial charge >= 0.3 is 7.60 Å². The summed E-state index contributed by atoms with van der Waals surface area (Å²) in [5.41, 5.74) is 2.33. The third-order valence-corrected chi connectivity index (χ3v) is 6.58. The number of rotatable bonds is 9. The van der Waals surface area contributed by atoms with Gasteiger partial charge in [0.15, 0.2) is 5.78 Å². The van der Waals surface area contributed by atoms with Crippen LogP contribution in [0.1, 0.15) is 47.1 Å². The first-order valence-corrected chi connectivity index (χ1v) is 11.4. The monoisotopic (exact) mass is 467 g/mol. The Morgan fingerprint density at radius 2 is 1.57 bits per heavy atom. The van der Waals surface area contributed by atoms with E-state index in [1.165, 1.54) is 6.92 Å². The molecule has 0 aliphatic carbocycles. The third kappa shape index (κ3) is 6.11. The number of hydrogen-bond acceptors (Lipinski definition) is 5. The van der Waals surface area contributed by atoms with Gasteiger partial charge < -0.3 is 14.4 Å². The molecule has 1 amide bonds. The van der Waals surface area contributed by atoms with E-state index in [9.17, 15) is 14.2 Å². The summed E-state index contributed by atoms with van der Waals surface area (Å²) in [5.74, 6) is -0.341. The summed E-state index contributed by atoms with van der Waals surface area (Å²) in [6, 6.07) is 11.8. The lowest BCUT2D eigenvalue weighted by atomic mass is 10.1. The normalized spacial score (nSPS) is 11.3. The van der Waals surface area contributed by atoms with E-state index < -0.39 is 7.60 Å². The molecule has 2 rings (SSSR count). The van der Waals surface area contributed by atoms with Crippen molar-refractivity contribution in [3.63, 3.8) is 0 Å². The Morgan fingerprint density at radius 1 is 1.00 bits per heavy atom. The largest absolute Gasteiger partial charge is 0.335 e. The van der Waals surface area contributed by atoms with Gasteiger partial charge in [-0.2, -0.15) is 0 Å². The van der Waals surface area contributed by atoms with Gasteiger partial charge in [0.05, 0.1) is 25.1 Å². The Kier molecular flexibility index (Phi) is 8.13. The lowest BCUT2D eigenvalue weighted by Gasteiger charge is -2.17. The van der Waals surface area contributed by atoms with Crippen LogP contribution in [0.5, 0.6) is 0 Å². The molecule has 0 saturated carbocycles. The first-order valence-electron chi connectivity index (χ1n) is 8.87. The molecular formula is C20H23BrNO5P. The first kappa shape index (κ1) is 22.5. The maximum Gasteiger partial charge on any atom is 0.335 e. The van der Waals surface area contributed by atoms with E-state index in [4.69, 9.17) is 9.05 Å². The van der Waals surface area contributed by atoms with Gasteiger partial charge in [-0.1, -0.05) is 12.1 Å². The molecule has 0 radical (unpaired) electrons. The SMILES string of the molecule is CCOP(=O)(Cc1ccc(C(=O)Nc2ccc(C(C)=O)cc2Br)cc1)OCC. The van der Waals surface area contributed by atoms with E-state index in [0.717, 1.165) is 5.56 Å². The molecule has 0 unspecified atom stereocenters. The van der Waals surface area contributed by atoms with Crippen LogP contribution < -0.4 is 5.32 Å². The molecule has 0 spiro atoms. The smallest absolute Gasteiger partial charge is 0.321 e. The van der Waals surface area contributed by atoms with Gasteiger partial charge in [0.25, 0.3) is 5.91 Å². The molecule has 1 N–H and O–H groups in total. The summed E-state index contributed by atoms with van der Waals surface area (Å²) < 4.78 is 23.8.